The summed E-state index contributed by atoms with van der Waals surface area (Å²) in [7, 11) is 0. The SMILES string of the molecule is O=C(C1=C(O)C(=O)N(c2cccc(F)c2)C1c1cccc(O)c1)c1ccco1. The highest BCUT2D eigenvalue weighted by molar-refractivity contribution is 6.20. The molecule has 2 aromatic carbocycles. The molecule has 3 aromatic rings. The third kappa shape index (κ3) is 2.83. The molecule has 1 amide bonds. The van der Waals surface area contributed by atoms with Gasteiger partial charge in [0.2, 0.25) is 5.78 Å². The Kier molecular flexibility index (Phi) is 4.19. The van der Waals surface area contributed by atoms with Crippen LogP contribution >= 0.6 is 0 Å². The number of anilines is 1. The summed E-state index contributed by atoms with van der Waals surface area (Å²) in [5.74, 6) is -3.00. The standard InChI is InChI=1S/C21H14FNO5/c22-13-5-2-6-14(11-13)23-18(12-4-1-7-15(24)10-12)17(20(26)21(23)27)19(25)16-8-3-9-28-16/h1-11,18,24,26H. The number of nitrogens with zero attached hydrogens (tertiary/aromatic N) is 1. The second-order valence-corrected chi connectivity index (χ2v) is 6.22. The zero-order chi connectivity index (χ0) is 19.8. The van der Waals surface area contributed by atoms with Gasteiger partial charge in [-0.1, -0.05) is 18.2 Å². The number of aliphatic hydroxyl groups excluding tert-OH is 1. The molecule has 0 fully saturated rings. The molecule has 0 radical (unpaired) electrons. The predicted molar refractivity (Wildman–Crippen MR) is 97.4 cm³/mol. The maximum atomic E-state index is 13.8. The molecule has 28 heavy (non-hydrogen) atoms. The van der Waals surface area contributed by atoms with Gasteiger partial charge < -0.3 is 14.6 Å². The van der Waals surface area contributed by atoms with Crippen molar-refractivity contribution in [1.82, 2.24) is 0 Å². The number of carbonyl (C=O) groups is 2. The molecule has 4 rings (SSSR count). The van der Waals surface area contributed by atoms with Gasteiger partial charge in [-0.2, -0.15) is 0 Å². The van der Waals surface area contributed by atoms with Crippen LogP contribution in [0.2, 0.25) is 0 Å². The number of amides is 1. The Bertz CT molecular complexity index is 1100. The molecule has 2 heterocycles. The number of phenols is 1. The van der Waals surface area contributed by atoms with E-state index in [9.17, 15) is 24.2 Å². The van der Waals surface area contributed by atoms with E-state index in [1.165, 1.54) is 48.7 Å². The van der Waals surface area contributed by atoms with Crippen molar-refractivity contribution in [3.05, 3.63) is 95.4 Å². The quantitative estimate of drug-likeness (QED) is 0.671. The number of aliphatic hydroxyl groups is 1. The lowest BCUT2D eigenvalue weighted by Crippen LogP contribution is -2.31. The van der Waals surface area contributed by atoms with E-state index in [1.807, 2.05) is 0 Å². The molecule has 0 saturated heterocycles. The molecular weight excluding hydrogens is 365 g/mol. The summed E-state index contributed by atoms with van der Waals surface area (Å²) < 4.78 is 18.9. The molecular formula is C21H14FNO5. The average molecular weight is 379 g/mol. The van der Waals surface area contributed by atoms with Gasteiger partial charge >= 0.3 is 0 Å². The van der Waals surface area contributed by atoms with Crippen LogP contribution in [0, 0.1) is 5.82 Å². The summed E-state index contributed by atoms with van der Waals surface area (Å²) in [4.78, 5) is 26.9. The average Bonchev–Trinajstić information content (AvgIpc) is 3.29. The monoisotopic (exact) mass is 379 g/mol. The lowest BCUT2D eigenvalue weighted by atomic mass is 9.94. The van der Waals surface area contributed by atoms with Crippen LogP contribution in [0.4, 0.5) is 10.1 Å². The Hall–Kier alpha value is -3.87. The first-order valence-electron chi connectivity index (χ1n) is 8.37. The number of halogens is 1. The summed E-state index contributed by atoms with van der Waals surface area (Å²) in [6, 6.07) is 13.1. The summed E-state index contributed by atoms with van der Waals surface area (Å²) in [5.41, 5.74) is 0.318. The van der Waals surface area contributed by atoms with Gasteiger partial charge in [0, 0.05) is 5.69 Å². The Morgan fingerprint density at radius 1 is 1.04 bits per heavy atom. The summed E-state index contributed by atoms with van der Waals surface area (Å²) in [6.07, 6.45) is 1.30. The molecule has 140 valence electrons. The van der Waals surface area contributed by atoms with Crippen LogP contribution in [0.1, 0.15) is 22.2 Å². The fourth-order valence-electron chi connectivity index (χ4n) is 3.28. The topological polar surface area (TPSA) is 91.0 Å². The lowest BCUT2D eigenvalue weighted by Gasteiger charge is -2.26. The maximum Gasteiger partial charge on any atom is 0.294 e. The van der Waals surface area contributed by atoms with Gasteiger partial charge in [0.1, 0.15) is 11.6 Å². The Morgan fingerprint density at radius 3 is 2.50 bits per heavy atom. The second-order valence-electron chi connectivity index (χ2n) is 6.22. The number of rotatable bonds is 4. The van der Waals surface area contributed by atoms with Crippen LogP contribution in [0.5, 0.6) is 5.75 Å². The highest BCUT2D eigenvalue weighted by Gasteiger charge is 2.45. The molecule has 1 atom stereocenters. The number of ketones is 1. The first-order valence-corrected chi connectivity index (χ1v) is 8.37. The smallest absolute Gasteiger partial charge is 0.294 e. The summed E-state index contributed by atoms with van der Waals surface area (Å²) >= 11 is 0. The molecule has 1 aliphatic heterocycles. The number of Topliss-reactive ketones (excluding diaryl/α,β-unsaturated/α-hetero) is 1. The number of carbonyl (C=O) groups excluding carboxylic acids is 2. The Morgan fingerprint density at radius 2 is 1.82 bits per heavy atom. The van der Waals surface area contributed by atoms with Crippen LogP contribution in [0.15, 0.2) is 82.7 Å². The van der Waals surface area contributed by atoms with Crippen molar-refractivity contribution < 1.29 is 28.6 Å². The van der Waals surface area contributed by atoms with Crippen LogP contribution in [-0.2, 0) is 4.79 Å². The van der Waals surface area contributed by atoms with Gasteiger partial charge in [-0.15, -0.1) is 0 Å². The number of phenolic OH excluding ortho intramolecular Hbond substituents is 1. The molecule has 1 unspecified atom stereocenters. The summed E-state index contributed by atoms with van der Waals surface area (Å²) in [6.45, 7) is 0. The van der Waals surface area contributed by atoms with Crippen LogP contribution < -0.4 is 4.90 Å². The van der Waals surface area contributed by atoms with Crippen LogP contribution in [0.25, 0.3) is 0 Å². The minimum absolute atomic E-state index is 0.0550. The van der Waals surface area contributed by atoms with Gasteiger partial charge in [0.15, 0.2) is 11.5 Å². The highest BCUT2D eigenvalue weighted by atomic mass is 19.1. The molecule has 1 aliphatic rings. The van der Waals surface area contributed by atoms with Crippen LogP contribution in [0.3, 0.4) is 0 Å². The number of hydrogen-bond donors (Lipinski definition) is 2. The molecule has 0 spiro atoms. The Labute approximate surface area is 158 Å². The number of furan rings is 1. The fraction of sp³-hybridized carbons (Fsp3) is 0.0476. The lowest BCUT2D eigenvalue weighted by molar-refractivity contribution is -0.117. The largest absolute Gasteiger partial charge is 0.508 e. The molecule has 0 saturated carbocycles. The third-order valence-electron chi connectivity index (χ3n) is 4.47. The van der Waals surface area contributed by atoms with Gasteiger partial charge in [0.05, 0.1) is 17.9 Å². The van der Waals surface area contributed by atoms with Gasteiger partial charge in [-0.25, -0.2) is 4.39 Å². The third-order valence-corrected chi connectivity index (χ3v) is 4.47. The second kappa shape index (κ2) is 6.70. The number of aromatic hydroxyl groups is 1. The zero-order valence-corrected chi connectivity index (χ0v) is 14.4. The van der Waals surface area contributed by atoms with E-state index in [0.29, 0.717) is 5.56 Å². The van der Waals surface area contributed by atoms with Crippen molar-refractivity contribution in [3.8, 4) is 5.75 Å². The van der Waals surface area contributed by atoms with Gasteiger partial charge in [-0.05, 0) is 48.0 Å². The van der Waals surface area contributed by atoms with E-state index in [1.54, 1.807) is 12.1 Å². The van der Waals surface area contributed by atoms with Crippen molar-refractivity contribution >= 4 is 17.4 Å². The first-order chi connectivity index (χ1) is 13.5. The van der Waals surface area contributed by atoms with Crippen LogP contribution in [-0.4, -0.2) is 21.9 Å². The van der Waals surface area contributed by atoms with E-state index >= 15 is 0 Å². The molecule has 6 nitrogen and oxygen atoms in total. The molecule has 7 heteroatoms. The molecule has 0 bridgehead atoms. The molecule has 1 aromatic heterocycles. The van der Waals surface area contributed by atoms with E-state index in [0.717, 1.165) is 11.0 Å². The van der Waals surface area contributed by atoms with E-state index < -0.39 is 29.3 Å². The predicted octanol–water partition coefficient (Wildman–Crippen LogP) is 3.91. The van der Waals surface area contributed by atoms with Gasteiger partial charge in [-0.3, -0.25) is 14.5 Å². The molecule has 0 aliphatic carbocycles. The minimum atomic E-state index is -1.07. The molecule has 2 N–H and O–H groups in total. The van der Waals surface area contributed by atoms with E-state index in [2.05, 4.69) is 0 Å². The number of hydrogen-bond acceptors (Lipinski definition) is 5. The van der Waals surface area contributed by atoms with Crippen molar-refractivity contribution in [2.45, 2.75) is 6.04 Å². The van der Waals surface area contributed by atoms with Crippen molar-refractivity contribution in [2.75, 3.05) is 4.90 Å². The Balaban J connectivity index is 1.91. The normalized spacial score (nSPS) is 16.7. The first kappa shape index (κ1) is 17.5. The van der Waals surface area contributed by atoms with Gasteiger partial charge in [0.25, 0.3) is 5.91 Å². The van der Waals surface area contributed by atoms with E-state index in [4.69, 9.17) is 4.42 Å². The van der Waals surface area contributed by atoms with Crippen molar-refractivity contribution in [1.29, 1.82) is 0 Å². The zero-order valence-electron chi connectivity index (χ0n) is 14.4. The maximum absolute atomic E-state index is 13.8. The van der Waals surface area contributed by atoms with E-state index in [-0.39, 0.29) is 22.8 Å². The number of benzene rings is 2. The van der Waals surface area contributed by atoms with Crippen molar-refractivity contribution in [3.63, 3.8) is 0 Å². The summed E-state index contributed by atoms with van der Waals surface area (Å²) in [5, 5.41) is 20.4. The minimum Gasteiger partial charge on any atom is -0.508 e. The fourth-order valence-corrected chi connectivity index (χ4v) is 3.28. The highest BCUT2D eigenvalue weighted by Crippen LogP contribution is 2.42. The van der Waals surface area contributed by atoms with Crippen molar-refractivity contribution in [2.24, 2.45) is 0 Å².